The Balaban J connectivity index is 2.05. The molecule has 1 aliphatic rings. The number of halogens is 1. The summed E-state index contributed by atoms with van der Waals surface area (Å²) < 4.78 is 30.4. The molecule has 23 heavy (non-hydrogen) atoms. The lowest BCUT2D eigenvalue weighted by Gasteiger charge is -2.22. The highest BCUT2D eigenvalue weighted by molar-refractivity contribution is 7.79. The summed E-state index contributed by atoms with van der Waals surface area (Å²) in [5, 5.41) is 2.68. The van der Waals surface area contributed by atoms with Crippen LogP contribution in [0.3, 0.4) is 0 Å². The molecule has 0 aromatic heterocycles. The lowest BCUT2D eigenvalue weighted by Crippen LogP contribution is -2.35. The predicted molar refractivity (Wildman–Crippen MR) is 86.9 cm³/mol. The minimum atomic E-state index is -1.59. The average molecular weight is 333 g/mol. The number of amides is 1. The largest absolute Gasteiger partial charge is 0.323 e. The van der Waals surface area contributed by atoms with Crippen molar-refractivity contribution in [2.75, 3.05) is 11.6 Å². The van der Waals surface area contributed by atoms with Gasteiger partial charge in [-0.2, -0.15) is 0 Å². The van der Waals surface area contributed by atoms with Gasteiger partial charge in [0.1, 0.15) is 5.82 Å². The molecule has 0 saturated carbocycles. The molecule has 3 rings (SSSR count). The molecule has 1 amide bonds. The number of hydrogen-bond donors (Lipinski definition) is 1. The third-order valence-electron chi connectivity index (χ3n) is 3.86. The molecule has 2 aromatic carbocycles. The highest BCUT2D eigenvalue weighted by Crippen LogP contribution is 2.33. The van der Waals surface area contributed by atoms with E-state index in [0.29, 0.717) is 12.1 Å². The normalized spacial score (nSPS) is 21.9. The van der Waals surface area contributed by atoms with E-state index in [0.717, 1.165) is 11.1 Å². The molecule has 0 bridgehead atoms. The minimum absolute atomic E-state index is 0.299. The van der Waals surface area contributed by atoms with Crippen LogP contribution in [0.4, 0.5) is 10.1 Å². The first kappa shape index (κ1) is 15.8. The zero-order valence-electron chi connectivity index (χ0n) is 12.5. The van der Waals surface area contributed by atoms with Crippen molar-refractivity contribution in [3.63, 3.8) is 0 Å². The Labute approximate surface area is 136 Å². The van der Waals surface area contributed by atoms with Gasteiger partial charge in [0.2, 0.25) is 0 Å². The van der Waals surface area contributed by atoms with Crippen LogP contribution in [-0.4, -0.2) is 22.5 Å². The molecule has 0 radical (unpaired) electrons. The Morgan fingerprint density at radius 2 is 1.96 bits per heavy atom. The van der Waals surface area contributed by atoms with Gasteiger partial charge in [0, 0.05) is 17.9 Å². The molecule has 120 valence electrons. The van der Waals surface area contributed by atoms with E-state index in [-0.39, 0.29) is 5.92 Å². The standard InChI is InChI=1S/C17H16FNO3S/c1-23(21)22-16-14(11-5-3-2-4-6-11)9-12-7-8-13(18)10-15(12)19-17(16)20/h2-8,10,14,16H,9H2,1H3,(H,19,20)/t14-,16+,23?/m1/s1. The van der Waals surface area contributed by atoms with Crippen molar-refractivity contribution in [2.45, 2.75) is 18.4 Å². The van der Waals surface area contributed by atoms with Gasteiger partial charge in [-0.3, -0.25) is 8.98 Å². The topological polar surface area (TPSA) is 55.4 Å². The van der Waals surface area contributed by atoms with Crippen molar-refractivity contribution in [2.24, 2.45) is 0 Å². The second kappa shape index (κ2) is 6.60. The molecule has 0 aliphatic carbocycles. The predicted octanol–water partition coefficient (Wildman–Crippen LogP) is 2.78. The summed E-state index contributed by atoms with van der Waals surface area (Å²) in [6, 6.07) is 13.8. The molecular weight excluding hydrogens is 317 g/mol. The highest BCUT2D eigenvalue weighted by atomic mass is 32.2. The van der Waals surface area contributed by atoms with Crippen LogP contribution in [0.1, 0.15) is 17.0 Å². The minimum Gasteiger partial charge on any atom is -0.323 e. The fraction of sp³-hybridized carbons (Fsp3) is 0.235. The van der Waals surface area contributed by atoms with Gasteiger partial charge in [0.25, 0.3) is 5.91 Å². The molecule has 1 heterocycles. The Kier molecular flexibility index (Phi) is 4.54. The summed E-state index contributed by atoms with van der Waals surface area (Å²) >= 11 is -1.59. The second-order valence-electron chi connectivity index (χ2n) is 5.43. The molecule has 4 nitrogen and oxygen atoms in total. The van der Waals surface area contributed by atoms with Crippen LogP contribution in [0.2, 0.25) is 0 Å². The summed E-state index contributed by atoms with van der Waals surface area (Å²) in [6.45, 7) is 0. The van der Waals surface area contributed by atoms with Crippen molar-refractivity contribution in [3.05, 3.63) is 65.5 Å². The van der Waals surface area contributed by atoms with Crippen molar-refractivity contribution in [1.82, 2.24) is 0 Å². The van der Waals surface area contributed by atoms with E-state index in [4.69, 9.17) is 4.18 Å². The Morgan fingerprint density at radius 1 is 1.22 bits per heavy atom. The number of fused-ring (bicyclic) bond motifs is 1. The van der Waals surface area contributed by atoms with Gasteiger partial charge in [-0.1, -0.05) is 36.4 Å². The third kappa shape index (κ3) is 3.48. The summed E-state index contributed by atoms with van der Waals surface area (Å²) in [4.78, 5) is 12.5. The van der Waals surface area contributed by atoms with Crippen LogP contribution in [0.5, 0.6) is 0 Å². The lowest BCUT2D eigenvalue weighted by atomic mass is 9.88. The average Bonchev–Trinajstić information content (AvgIpc) is 2.65. The molecule has 0 saturated heterocycles. The fourth-order valence-corrected chi connectivity index (χ4v) is 3.34. The molecule has 2 aromatic rings. The summed E-state index contributed by atoms with van der Waals surface area (Å²) in [5.74, 6) is -1.14. The van der Waals surface area contributed by atoms with Crippen LogP contribution < -0.4 is 5.32 Å². The molecule has 6 heteroatoms. The maximum atomic E-state index is 13.5. The third-order valence-corrected chi connectivity index (χ3v) is 4.34. The van der Waals surface area contributed by atoms with E-state index in [9.17, 15) is 13.4 Å². The smallest absolute Gasteiger partial charge is 0.255 e. The van der Waals surface area contributed by atoms with E-state index >= 15 is 0 Å². The zero-order chi connectivity index (χ0) is 16.4. The van der Waals surface area contributed by atoms with Gasteiger partial charge in [0.15, 0.2) is 17.2 Å². The monoisotopic (exact) mass is 333 g/mol. The number of hydrogen-bond acceptors (Lipinski definition) is 3. The van der Waals surface area contributed by atoms with E-state index in [1.165, 1.54) is 18.4 Å². The van der Waals surface area contributed by atoms with Gasteiger partial charge in [-0.05, 0) is 29.7 Å². The van der Waals surface area contributed by atoms with Crippen molar-refractivity contribution in [3.8, 4) is 0 Å². The summed E-state index contributed by atoms with van der Waals surface area (Å²) in [5.41, 5.74) is 2.17. The number of carbonyl (C=O) groups excluding carboxylic acids is 1. The molecule has 1 N–H and O–H groups in total. The van der Waals surface area contributed by atoms with Gasteiger partial charge in [0.05, 0.1) is 0 Å². The van der Waals surface area contributed by atoms with E-state index < -0.39 is 28.9 Å². The number of anilines is 1. The number of rotatable bonds is 3. The van der Waals surface area contributed by atoms with Gasteiger partial charge in [-0.15, -0.1) is 0 Å². The van der Waals surface area contributed by atoms with Crippen molar-refractivity contribution < 1.29 is 17.6 Å². The molecule has 0 fully saturated rings. The maximum absolute atomic E-state index is 13.5. The zero-order valence-corrected chi connectivity index (χ0v) is 13.3. The van der Waals surface area contributed by atoms with E-state index in [2.05, 4.69) is 5.32 Å². The Bertz CT molecular complexity index is 751. The van der Waals surface area contributed by atoms with Crippen LogP contribution in [0, 0.1) is 5.82 Å². The molecule has 1 unspecified atom stereocenters. The van der Waals surface area contributed by atoms with Crippen LogP contribution in [-0.2, 0) is 26.5 Å². The van der Waals surface area contributed by atoms with Crippen molar-refractivity contribution in [1.29, 1.82) is 0 Å². The van der Waals surface area contributed by atoms with Crippen LogP contribution in [0.15, 0.2) is 48.5 Å². The summed E-state index contributed by atoms with van der Waals surface area (Å²) in [7, 11) is 0. The Morgan fingerprint density at radius 3 is 2.65 bits per heavy atom. The Hall–Kier alpha value is -2.05. The fourth-order valence-electron chi connectivity index (χ4n) is 2.82. The summed E-state index contributed by atoms with van der Waals surface area (Å²) in [6.07, 6.45) is 0.964. The van der Waals surface area contributed by atoms with E-state index in [1.807, 2.05) is 30.3 Å². The first-order valence-electron chi connectivity index (χ1n) is 7.19. The van der Waals surface area contributed by atoms with Crippen molar-refractivity contribution >= 4 is 22.7 Å². The van der Waals surface area contributed by atoms with Crippen LogP contribution in [0.25, 0.3) is 0 Å². The number of benzene rings is 2. The maximum Gasteiger partial charge on any atom is 0.255 e. The SMILES string of the molecule is CS(=O)O[C@@H]1C(=O)Nc2cc(F)ccc2C[C@@H]1c1ccccc1. The quantitative estimate of drug-likeness (QED) is 0.940. The molecule has 1 aliphatic heterocycles. The second-order valence-corrected chi connectivity index (χ2v) is 6.43. The van der Waals surface area contributed by atoms with E-state index in [1.54, 1.807) is 6.07 Å². The van der Waals surface area contributed by atoms with Crippen LogP contribution >= 0.6 is 0 Å². The van der Waals surface area contributed by atoms with Gasteiger partial charge < -0.3 is 5.32 Å². The highest BCUT2D eigenvalue weighted by Gasteiger charge is 2.35. The number of carbonyl (C=O) groups is 1. The first-order chi connectivity index (χ1) is 11.0. The lowest BCUT2D eigenvalue weighted by molar-refractivity contribution is -0.123. The van der Waals surface area contributed by atoms with Gasteiger partial charge in [-0.25, -0.2) is 8.60 Å². The molecule has 3 atom stereocenters. The first-order valence-corrected chi connectivity index (χ1v) is 8.67. The number of nitrogens with one attached hydrogen (secondary N) is 1. The molecule has 0 spiro atoms. The van der Waals surface area contributed by atoms with Gasteiger partial charge >= 0.3 is 0 Å². The molecular formula is C17H16FNO3S.